The van der Waals surface area contributed by atoms with Crippen LogP contribution in [0.3, 0.4) is 0 Å². The van der Waals surface area contributed by atoms with Crippen LogP contribution in [-0.2, 0) is 6.42 Å². The summed E-state index contributed by atoms with van der Waals surface area (Å²) in [6.07, 6.45) is 4.10. The van der Waals surface area contributed by atoms with E-state index < -0.39 is 0 Å². The van der Waals surface area contributed by atoms with Crippen LogP contribution in [0.15, 0.2) is 18.2 Å². The maximum atomic E-state index is 13.1. The van der Waals surface area contributed by atoms with Crippen LogP contribution in [0.5, 0.6) is 0 Å². The molecule has 1 aromatic rings. The number of alkyl halides is 1. The molecule has 0 aliphatic heterocycles. The lowest BCUT2D eigenvalue weighted by atomic mass is 10.1. The Kier molecular flexibility index (Phi) is 5.62. The third kappa shape index (κ3) is 4.12. The van der Waals surface area contributed by atoms with Crippen LogP contribution in [-0.4, -0.2) is 4.83 Å². The normalized spacial score (nSPS) is 12.8. The molecule has 0 saturated carbocycles. The summed E-state index contributed by atoms with van der Waals surface area (Å²) in [4.78, 5) is 0.560. The van der Waals surface area contributed by atoms with Crippen LogP contribution in [0.4, 0.5) is 4.39 Å². The van der Waals surface area contributed by atoms with Gasteiger partial charge in [-0.2, -0.15) is 0 Å². The first kappa shape index (κ1) is 13.0. The predicted molar refractivity (Wildman–Crippen MR) is 67.4 cm³/mol. The molecule has 3 heteroatoms. The van der Waals surface area contributed by atoms with Gasteiger partial charge in [0.05, 0.1) is 5.02 Å². The second kappa shape index (κ2) is 6.49. The Morgan fingerprint density at radius 3 is 2.87 bits per heavy atom. The van der Waals surface area contributed by atoms with Crippen molar-refractivity contribution in [2.75, 3.05) is 0 Å². The van der Waals surface area contributed by atoms with Crippen LogP contribution in [0, 0.1) is 5.82 Å². The number of benzene rings is 1. The third-order valence-corrected chi connectivity index (χ3v) is 3.97. The third-order valence-electron chi connectivity index (χ3n) is 2.44. The van der Waals surface area contributed by atoms with Crippen molar-refractivity contribution in [1.82, 2.24) is 0 Å². The van der Waals surface area contributed by atoms with Crippen LogP contribution in [0.1, 0.15) is 31.7 Å². The molecule has 0 aliphatic rings. The first-order valence-corrected chi connectivity index (χ1v) is 6.51. The molecule has 0 bridgehead atoms. The smallest absolute Gasteiger partial charge is 0.142 e. The summed E-state index contributed by atoms with van der Waals surface area (Å²) in [7, 11) is 0. The summed E-state index contributed by atoms with van der Waals surface area (Å²) in [5, 5.41) is 0.278. The molecule has 0 aliphatic carbocycles. The number of rotatable bonds is 5. The Bertz CT molecular complexity index is 314. The summed E-state index contributed by atoms with van der Waals surface area (Å²) in [5.41, 5.74) is 0.910. The van der Waals surface area contributed by atoms with Gasteiger partial charge in [-0.15, -0.1) is 0 Å². The van der Waals surface area contributed by atoms with Crippen molar-refractivity contribution in [3.8, 4) is 0 Å². The Hall–Kier alpha value is -0.0800. The average Bonchev–Trinajstić information content (AvgIpc) is 2.24. The highest BCUT2D eigenvalue weighted by Crippen LogP contribution is 2.22. The van der Waals surface area contributed by atoms with E-state index in [2.05, 4.69) is 22.9 Å². The van der Waals surface area contributed by atoms with E-state index in [0.29, 0.717) is 4.83 Å². The zero-order valence-electron chi connectivity index (χ0n) is 8.77. The van der Waals surface area contributed by atoms with Crippen molar-refractivity contribution in [2.24, 2.45) is 0 Å². The minimum absolute atomic E-state index is 0.278. The highest BCUT2D eigenvalue weighted by atomic mass is 79.9. The molecule has 0 radical (unpaired) electrons. The van der Waals surface area contributed by atoms with Gasteiger partial charge in [-0.25, -0.2) is 4.39 Å². The molecule has 1 atom stereocenters. The molecule has 0 saturated heterocycles. The van der Waals surface area contributed by atoms with E-state index in [1.165, 1.54) is 6.07 Å². The maximum Gasteiger partial charge on any atom is 0.142 e. The minimum atomic E-state index is -0.319. The van der Waals surface area contributed by atoms with Crippen LogP contribution < -0.4 is 0 Å². The first-order chi connectivity index (χ1) is 7.15. The number of aryl methyl sites for hydroxylation is 1. The van der Waals surface area contributed by atoms with Crippen molar-refractivity contribution in [3.05, 3.63) is 34.6 Å². The highest BCUT2D eigenvalue weighted by molar-refractivity contribution is 9.09. The maximum absolute atomic E-state index is 13.1. The molecule has 0 amide bonds. The van der Waals surface area contributed by atoms with Crippen molar-refractivity contribution >= 4 is 27.5 Å². The van der Waals surface area contributed by atoms with Gasteiger partial charge in [0.15, 0.2) is 0 Å². The lowest BCUT2D eigenvalue weighted by Crippen LogP contribution is -1.97. The number of halogens is 3. The fourth-order valence-corrected chi connectivity index (χ4v) is 2.00. The van der Waals surface area contributed by atoms with E-state index in [-0.39, 0.29) is 10.8 Å². The second-order valence-corrected chi connectivity index (χ2v) is 5.28. The zero-order chi connectivity index (χ0) is 11.3. The summed E-state index contributed by atoms with van der Waals surface area (Å²) in [6, 6.07) is 4.99. The predicted octanol–water partition coefficient (Wildman–Crippen LogP) is 4.98. The lowest BCUT2D eigenvalue weighted by Gasteiger charge is -2.07. The van der Waals surface area contributed by atoms with Gasteiger partial charge in [0.2, 0.25) is 0 Å². The molecule has 1 unspecified atom stereocenters. The van der Waals surface area contributed by atoms with E-state index in [0.717, 1.165) is 31.2 Å². The molecule has 0 spiro atoms. The van der Waals surface area contributed by atoms with E-state index in [1.54, 1.807) is 6.07 Å². The Morgan fingerprint density at radius 1 is 1.47 bits per heavy atom. The molecule has 0 heterocycles. The molecule has 0 fully saturated rings. The second-order valence-electron chi connectivity index (χ2n) is 3.61. The van der Waals surface area contributed by atoms with Gasteiger partial charge in [-0.05, 0) is 37.3 Å². The van der Waals surface area contributed by atoms with E-state index in [9.17, 15) is 4.39 Å². The van der Waals surface area contributed by atoms with Gasteiger partial charge in [0.25, 0.3) is 0 Å². The largest absolute Gasteiger partial charge is 0.205 e. The molecule has 0 N–H and O–H groups in total. The highest BCUT2D eigenvalue weighted by Gasteiger charge is 2.06. The zero-order valence-corrected chi connectivity index (χ0v) is 11.1. The quantitative estimate of drug-likeness (QED) is 0.672. The summed E-state index contributed by atoms with van der Waals surface area (Å²) < 4.78 is 13.1. The van der Waals surface area contributed by atoms with E-state index >= 15 is 0 Å². The Balaban J connectivity index is 2.47. The van der Waals surface area contributed by atoms with Crippen molar-refractivity contribution in [3.63, 3.8) is 0 Å². The Morgan fingerprint density at radius 2 is 2.20 bits per heavy atom. The summed E-state index contributed by atoms with van der Waals surface area (Å²) in [6.45, 7) is 2.15. The van der Waals surface area contributed by atoms with Crippen molar-refractivity contribution in [2.45, 2.75) is 37.4 Å². The molecule has 84 valence electrons. The van der Waals surface area contributed by atoms with Crippen molar-refractivity contribution in [1.29, 1.82) is 0 Å². The fraction of sp³-hybridized carbons (Fsp3) is 0.500. The fourth-order valence-electron chi connectivity index (χ4n) is 1.46. The van der Waals surface area contributed by atoms with Crippen LogP contribution in [0.25, 0.3) is 0 Å². The van der Waals surface area contributed by atoms with Gasteiger partial charge >= 0.3 is 0 Å². The molecule has 1 aromatic carbocycles. The van der Waals surface area contributed by atoms with Gasteiger partial charge in [0, 0.05) is 4.83 Å². The monoisotopic (exact) mass is 292 g/mol. The Labute approximate surface area is 104 Å². The summed E-state index contributed by atoms with van der Waals surface area (Å²) >= 11 is 9.43. The van der Waals surface area contributed by atoms with Gasteiger partial charge < -0.3 is 0 Å². The van der Waals surface area contributed by atoms with Crippen LogP contribution in [0.2, 0.25) is 5.02 Å². The molecule has 0 nitrogen and oxygen atoms in total. The SMILES string of the molecule is CCC(Br)CCCc1cccc(F)c1Cl. The van der Waals surface area contributed by atoms with Gasteiger partial charge in [0.1, 0.15) is 5.82 Å². The van der Waals surface area contributed by atoms with E-state index in [4.69, 9.17) is 11.6 Å². The van der Waals surface area contributed by atoms with Gasteiger partial charge in [-0.3, -0.25) is 0 Å². The number of hydrogen-bond donors (Lipinski definition) is 0. The minimum Gasteiger partial charge on any atom is -0.205 e. The van der Waals surface area contributed by atoms with Gasteiger partial charge in [-0.1, -0.05) is 46.6 Å². The van der Waals surface area contributed by atoms with Crippen molar-refractivity contribution < 1.29 is 4.39 Å². The van der Waals surface area contributed by atoms with Crippen LogP contribution >= 0.6 is 27.5 Å². The van der Waals surface area contributed by atoms with E-state index in [1.807, 2.05) is 6.07 Å². The standard InChI is InChI=1S/C12H15BrClF/c1-2-10(13)7-3-5-9-6-4-8-11(15)12(9)14/h4,6,8,10H,2-3,5,7H2,1H3. The lowest BCUT2D eigenvalue weighted by molar-refractivity contribution is 0.623. The average molecular weight is 294 g/mol. The molecule has 15 heavy (non-hydrogen) atoms. The topological polar surface area (TPSA) is 0 Å². The molecular weight excluding hydrogens is 278 g/mol. The molecule has 0 aromatic heterocycles. The summed E-state index contributed by atoms with van der Waals surface area (Å²) in [5.74, 6) is -0.319. The first-order valence-electron chi connectivity index (χ1n) is 5.22. The number of hydrogen-bond acceptors (Lipinski definition) is 0. The molecular formula is C12H15BrClF. The molecule has 1 rings (SSSR count).